The number of ether oxygens (including phenoxy) is 1. The third-order valence-corrected chi connectivity index (χ3v) is 8.53. The molecule has 0 spiro atoms. The Labute approximate surface area is 200 Å². The van der Waals surface area contributed by atoms with Gasteiger partial charge in [0.1, 0.15) is 5.75 Å². The maximum absolute atomic E-state index is 13.6. The standard InChI is InChI=1S/C24H25N3O5S2/c1-3-33(28,29)26-22-12-8-7-11-21(22)23-17-24(18-9-5-4-6-10-18)27(25-23)34(30,31)20-15-13-19(32-2)14-16-20/h4-16,24,26H,3,17H2,1-2H3/t24-/m0/s1. The Morgan fingerprint density at radius 3 is 2.24 bits per heavy atom. The van der Waals surface area contributed by atoms with Gasteiger partial charge in [-0.15, -0.1) is 0 Å². The molecule has 0 aliphatic carbocycles. The predicted octanol–water partition coefficient (Wildman–Crippen LogP) is 4.00. The molecule has 0 unspecified atom stereocenters. The molecule has 0 saturated heterocycles. The van der Waals surface area contributed by atoms with Gasteiger partial charge in [-0.2, -0.15) is 17.9 Å². The number of benzene rings is 3. The van der Waals surface area contributed by atoms with E-state index in [2.05, 4.69) is 9.82 Å². The number of methoxy groups -OCH3 is 1. The van der Waals surface area contributed by atoms with Crippen molar-refractivity contribution in [3.63, 3.8) is 0 Å². The Balaban J connectivity index is 1.80. The maximum Gasteiger partial charge on any atom is 0.279 e. The summed E-state index contributed by atoms with van der Waals surface area (Å²) in [6, 6.07) is 21.6. The number of hydrogen-bond donors (Lipinski definition) is 1. The van der Waals surface area contributed by atoms with Crippen LogP contribution in [0.5, 0.6) is 5.75 Å². The van der Waals surface area contributed by atoms with Crippen molar-refractivity contribution in [1.82, 2.24) is 4.41 Å². The summed E-state index contributed by atoms with van der Waals surface area (Å²) < 4.78 is 60.5. The Morgan fingerprint density at radius 1 is 0.941 bits per heavy atom. The molecular formula is C24H25N3O5S2. The van der Waals surface area contributed by atoms with Gasteiger partial charge in [-0.05, 0) is 42.8 Å². The summed E-state index contributed by atoms with van der Waals surface area (Å²) in [6.45, 7) is 1.55. The van der Waals surface area contributed by atoms with Crippen molar-refractivity contribution in [3.05, 3.63) is 90.0 Å². The van der Waals surface area contributed by atoms with Crippen molar-refractivity contribution in [2.24, 2.45) is 5.10 Å². The highest BCUT2D eigenvalue weighted by molar-refractivity contribution is 7.92. The van der Waals surface area contributed by atoms with Crippen LogP contribution in [0.4, 0.5) is 5.69 Å². The van der Waals surface area contributed by atoms with Crippen LogP contribution in [-0.4, -0.2) is 39.8 Å². The van der Waals surface area contributed by atoms with Crippen LogP contribution in [-0.2, 0) is 20.0 Å². The van der Waals surface area contributed by atoms with Crippen molar-refractivity contribution in [3.8, 4) is 5.75 Å². The molecule has 1 atom stereocenters. The quantitative estimate of drug-likeness (QED) is 0.504. The molecule has 0 amide bonds. The number of nitrogens with one attached hydrogen (secondary N) is 1. The van der Waals surface area contributed by atoms with E-state index >= 15 is 0 Å². The van der Waals surface area contributed by atoms with Crippen molar-refractivity contribution in [2.45, 2.75) is 24.3 Å². The number of hydrogen-bond acceptors (Lipinski definition) is 6. The number of anilines is 1. The van der Waals surface area contributed by atoms with Crippen molar-refractivity contribution in [2.75, 3.05) is 17.6 Å². The van der Waals surface area contributed by atoms with Crippen LogP contribution in [0.15, 0.2) is 88.9 Å². The zero-order chi connectivity index (χ0) is 24.3. The lowest BCUT2D eigenvalue weighted by atomic mass is 9.98. The lowest BCUT2D eigenvalue weighted by Crippen LogP contribution is -2.27. The highest BCUT2D eigenvalue weighted by Gasteiger charge is 2.38. The molecule has 0 radical (unpaired) electrons. The zero-order valence-electron chi connectivity index (χ0n) is 18.7. The lowest BCUT2D eigenvalue weighted by Gasteiger charge is -2.23. The van der Waals surface area contributed by atoms with Crippen LogP contribution in [0.2, 0.25) is 0 Å². The largest absolute Gasteiger partial charge is 0.497 e. The minimum absolute atomic E-state index is 0.0826. The Kier molecular flexibility index (Phi) is 6.63. The third-order valence-electron chi connectivity index (χ3n) is 5.54. The second-order valence-corrected chi connectivity index (χ2v) is 11.5. The molecule has 34 heavy (non-hydrogen) atoms. The van der Waals surface area contributed by atoms with E-state index in [1.165, 1.54) is 19.2 Å². The SMILES string of the molecule is CCS(=O)(=O)Nc1ccccc1C1=NN(S(=O)(=O)c2ccc(OC)cc2)[C@H](c2ccccc2)C1. The summed E-state index contributed by atoms with van der Waals surface area (Å²) in [5.74, 6) is 0.458. The molecular weight excluding hydrogens is 474 g/mol. The first-order chi connectivity index (χ1) is 16.2. The minimum Gasteiger partial charge on any atom is -0.497 e. The lowest BCUT2D eigenvalue weighted by molar-refractivity contribution is 0.371. The summed E-state index contributed by atoms with van der Waals surface area (Å²) in [7, 11) is -6.02. The van der Waals surface area contributed by atoms with Crippen molar-refractivity contribution in [1.29, 1.82) is 0 Å². The number of hydrazone groups is 1. The fourth-order valence-corrected chi connectivity index (χ4v) is 5.81. The highest BCUT2D eigenvalue weighted by Crippen LogP contribution is 2.38. The van der Waals surface area contributed by atoms with E-state index in [0.29, 0.717) is 22.7 Å². The van der Waals surface area contributed by atoms with E-state index in [1.807, 2.05) is 30.3 Å². The molecule has 0 saturated carbocycles. The number of rotatable bonds is 8. The van der Waals surface area contributed by atoms with Crippen LogP contribution in [0.25, 0.3) is 0 Å². The maximum atomic E-state index is 13.6. The number of sulfonamides is 2. The smallest absolute Gasteiger partial charge is 0.279 e. The van der Waals surface area contributed by atoms with Gasteiger partial charge in [0, 0.05) is 12.0 Å². The van der Waals surface area contributed by atoms with E-state index in [9.17, 15) is 16.8 Å². The van der Waals surface area contributed by atoms with Gasteiger partial charge >= 0.3 is 0 Å². The summed E-state index contributed by atoms with van der Waals surface area (Å²) in [5.41, 5.74) is 2.15. The first kappa shape index (κ1) is 23.8. The van der Waals surface area contributed by atoms with Crippen LogP contribution in [0.1, 0.15) is 30.5 Å². The van der Waals surface area contributed by atoms with Gasteiger partial charge in [-0.1, -0.05) is 48.5 Å². The molecule has 0 bridgehead atoms. The second-order valence-electron chi connectivity index (χ2n) is 7.68. The van der Waals surface area contributed by atoms with Gasteiger partial charge in [0.05, 0.1) is 35.2 Å². The molecule has 1 heterocycles. The fraction of sp³-hybridized carbons (Fsp3) is 0.208. The first-order valence-corrected chi connectivity index (χ1v) is 13.7. The minimum atomic E-state index is -4.00. The van der Waals surface area contributed by atoms with Crippen LogP contribution in [0, 0.1) is 0 Å². The number of para-hydroxylation sites is 1. The molecule has 178 valence electrons. The van der Waals surface area contributed by atoms with Crippen LogP contribution >= 0.6 is 0 Å². The first-order valence-electron chi connectivity index (χ1n) is 10.7. The average molecular weight is 500 g/mol. The molecule has 0 aromatic heterocycles. The van der Waals surface area contributed by atoms with Gasteiger partial charge < -0.3 is 4.74 Å². The van der Waals surface area contributed by atoms with Crippen LogP contribution in [0.3, 0.4) is 0 Å². The van der Waals surface area contributed by atoms with E-state index in [-0.39, 0.29) is 17.1 Å². The summed E-state index contributed by atoms with van der Waals surface area (Å²) in [6.07, 6.45) is 0.282. The Bertz CT molecular complexity index is 1400. The highest BCUT2D eigenvalue weighted by atomic mass is 32.2. The van der Waals surface area contributed by atoms with Gasteiger partial charge in [0.15, 0.2) is 0 Å². The monoisotopic (exact) mass is 499 g/mol. The normalized spacial score (nSPS) is 16.2. The van der Waals surface area contributed by atoms with E-state index in [0.717, 1.165) is 9.98 Å². The van der Waals surface area contributed by atoms with E-state index < -0.39 is 26.1 Å². The van der Waals surface area contributed by atoms with Gasteiger partial charge in [-0.3, -0.25) is 4.72 Å². The van der Waals surface area contributed by atoms with Crippen molar-refractivity contribution >= 4 is 31.4 Å². The zero-order valence-corrected chi connectivity index (χ0v) is 20.4. The Hall–Kier alpha value is -3.37. The molecule has 8 nitrogen and oxygen atoms in total. The third kappa shape index (κ3) is 4.78. The predicted molar refractivity (Wildman–Crippen MR) is 132 cm³/mol. The molecule has 1 aliphatic rings. The van der Waals surface area contributed by atoms with Gasteiger partial charge in [0.2, 0.25) is 10.0 Å². The average Bonchev–Trinajstić information content (AvgIpc) is 3.31. The topological polar surface area (TPSA) is 105 Å². The summed E-state index contributed by atoms with van der Waals surface area (Å²) in [4.78, 5) is 0.0826. The molecule has 0 fully saturated rings. The molecule has 1 aliphatic heterocycles. The van der Waals surface area contributed by atoms with Gasteiger partial charge in [-0.25, -0.2) is 8.42 Å². The van der Waals surface area contributed by atoms with Gasteiger partial charge in [0.25, 0.3) is 10.0 Å². The molecule has 4 rings (SSSR count). The molecule has 1 N–H and O–H groups in total. The second kappa shape index (κ2) is 9.47. The molecule has 10 heteroatoms. The fourth-order valence-electron chi connectivity index (χ4n) is 3.72. The van der Waals surface area contributed by atoms with Crippen molar-refractivity contribution < 1.29 is 21.6 Å². The Morgan fingerprint density at radius 2 is 1.59 bits per heavy atom. The number of nitrogens with zero attached hydrogens (tertiary/aromatic N) is 2. The summed E-state index contributed by atoms with van der Waals surface area (Å²) in [5, 5.41) is 4.52. The van der Waals surface area contributed by atoms with E-state index in [1.54, 1.807) is 43.3 Å². The molecule has 3 aromatic carbocycles. The van der Waals surface area contributed by atoms with E-state index in [4.69, 9.17) is 4.74 Å². The van der Waals surface area contributed by atoms with Crippen LogP contribution < -0.4 is 9.46 Å². The summed E-state index contributed by atoms with van der Waals surface area (Å²) >= 11 is 0. The molecule has 3 aromatic rings.